The van der Waals surface area contributed by atoms with Crippen molar-refractivity contribution >= 4 is 16.7 Å². The number of hydrogen-bond acceptors (Lipinski definition) is 5. The SMILES string of the molecule is O=[N+]([O-])c1ccc(OCC(O)Cn2c(-c3ccccc3)nc3ccccc32)cc1. The van der Waals surface area contributed by atoms with Crippen LogP contribution in [0.4, 0.5) is 5.69 Å². The average Bonchev–Trinajstić information content (AvgIpc) is 3.11. The number of benzene rings is 3. The summed E-state index contributed by atoms with van der Waals surface area (Å²) in [5.41, 5.74) is 2.75. The first-order chi connectivity index (χ1) is 14.1. The van der Waals surface area contributed by atoms with E-state index in [4.69, 9.17) is 9.72 Å². The van der Waals surface area contributed by atoms with Gasteiger partial charge in [0.25, 0.3) is 5.69 Å². The smallest absolute Gasteiger partial charge is 0.269 e. The molecule has 1 N–H and O–H groups in total. The fourth-order valence-electron chi connectivity index (χ4n) is 3.19. The van der Waals surface area contributed by atoms with Gasteiger partial charge in [-0.3, -0.25) is 10.1 Å². The van der Waals surface area contributed by atoms with E-state index >= 15 is 0 Å². The van der Waals surface area contributed by atoms with Gasteiger partial charge >= 0.3 is 0 Å². The van der Waals surface area contributed by atoms with E-state index in [2.05, 4.69) is 0 Å². The number of aliphatic hydroxyl groups excluding tert-OH is 1. The lowest BCUT2D eigenvalue weighted by atomic mass is 10.2. The first kappa shape index (κ1) is 18.6. The van der Waals surface area contributed by atoms with Crippen molar-refractivity contribution in [1.29, 1.82) is 0 Å². The second kappa shape index (κ2) is 8.12. The molecule has 4 rings (SSSR count). The number of non-ortho nitro benzene ring substituents is 1. The monoisotopic (exact) mass is 389 g/mol. The normalized spacial score (nSPS) is 12.0. The summed E-state index contributed by atoms with van der Waals surface area (Å²) in [6.07, 6.45) is -0.787. The molecule has 7 nitrogen and oxygen atoms in total. The lowest BCUT2D eigenvalue weighted by molar-refractivity contribution is -0.384. The van der Waals surface area contributed by atoms with Crippen molar-refractivity contribution in [3.8, 4) is 17.1 Å². The molecule has 0 spiro atoms. The van der Waals surface area contributed by atoms with Crippen molar-refractivity contribution < 1.29 is 14.8 Å². The molecule has 0 aliphatic rings. The molecular formula is C22H19N3O4. The summed E-state index contributed by atoms with van der Waals surface area (Å²) in [6.45, 7) is 0.357. The molecule has 146 valence electrons. The van der Waals surface area contributed by atoms with E-state index in [-0.39, 0.29) is 12.3 Å². The Bertz CT molecular complexity index is 1120. The predicted molar refractivity (Wildman–Crippen MR) is 110 cm³/mol. The quantitative estimate of drug-likeness (QED) is 0.380. The number of imidazole rings is 1. The van der Waals surface area contributed by atoms with Gasteiger partial charge in [-0.15, -0.1) is 0 Å². The highest BCUT2D eigenvalue weighted by Gasteiger charge is 2.16. The fourth-order valence-corrected chi connectivity index (χ4v) is 3.19. The molecule has 7 heteroatoms. The molecule has 0 bridgehead atoms. The highest BCUT2D eigenvalue weighted by atomic mass is 16.6. The average molecular weight is 389 g/mol. The molecule has 29 heavy (non-hydrogen) atoms. The van der Waals surface area contributed by atoms with Crippen molar-refractivity contribution in [3.05, 3.63) is 89.0 Å². The largest absolute Gasteiger partial charge is 0.491 e. The number of nitro groups is 1. The van der Waals surface area contributed by atoms with Crippen molar-refractivity contribution in [3.63, 3.8) is 0 Å². The van der Waals surface area contributed by atoms with Crippen molar-refractivity contribution in [2.45, 2.75) is 12.6 Å². The molecule has 4 aromatic rings. The fraction of sp³-hybridized carbons (Fsp3) is 0.136. The van der Waals surface area contributed by atoms with Crippen LogP contribution >= 0.6 is 0 Å². The number of aromatic nitrogens is 2. The highest BCUT2D eigenvalue weighted by Crippen LogP contribution is 2.25. The number of ether oxygens (including phenoxy) is 1. The van der Waals surface area contributed by atoms with Crippen LogP contribution in [0.15, 0.2) is 78.9 Å². The van der Waals surface area contributed by atoms with Crippen LogP contribution in [0.5, 0.6) is 5.75 Å². The molecule has 0 saturated heterocycles. The zero-order chi connectivity index (χ0) is 20.2. The van der Waals surface area contributed by atoms with Gasteiger partial charge in [0, 0.05) is 17.7 Å². The van der Waals surface area contributed by atoms with Crippen molar-refractivity contribution in [2.24, 2.45) is 0 Å². The Morgan fingerprint density at radius 3 is 2.41 bits per heavy atom. The Kier molecular flexibility index (Phi) is 5.22. The summed E-state index contributed by atoms with van der Waals surface area (Å²) in [6, 6.07) is 23.4. The molecule has 0 amide bonds. The minimum Gasteiger partial charge on any atom is -0.491 e. The predicted octanol–water partition coefficient (Wildman–Crippen LogP) is 4.05. The number of nitrogens with zero attached hydrogens (tertiary/aromatic N) is 3. The number of aliphatic hydroxyl groups is 1. The van der Waals surface area contributed by atoms with Crippen molar-refractivity contribution in [1.82, 2.24) is 9.55 Å². The molecule has 1 unspecified atom stereocenters. The van der Waals surface area contributed by atoms with E-state index < -0.39 is 11.0 Å². The Morgan fingerprint density at radius 1 is 1.00 bits per heavy atom. The van der Waals surface area contributed by atoms with Gasteiger partial charge < -0.3 is 14.4 Å². The van der Waals surface area contributed by atoms with Gasteiger partial charge in [-0.25, -0.2) is 4.98 Å². The van der Waals surface area contributed by atoms with E-state index in [0.29, 0.717) is 12.3 Å². The summed E-state index contributed by atoms with van der Waals surface area (Å²) >= 11 is 0. The lowest BCUT2D eigenvalue weighted by Gasteiger charge is -2.16. The molecule has 0 saturated carbocycles. The van der Waals surface area contributed by atoms with Crippen LogP contribution in [0.1, 0.15) is 0 Å². The van der Waals surface area contributed by atoms with Crippen LogP contribution in [0, 0.1) is 10.1 Å². The molecule has 0 aliphatic carbocycles. The molecule has 0 fully saturated rings. The van der Waals surface area contributed by atoms with E-state index in [1.54, 1.807) is 0 Å². The molecule has 0 radical (unpaired) electrons. The summed E-state index contributed by atoms with van der Waals surface area (Å²) in [7, 11) is 0. The minimum atomic E-state index is -0.787. The van der Waals surface area contributed by atoms with E-state index in [0.717, 1.165) is 22.4 Å². The van der Waals surface area contributed by atoms with Gasteiger partial charge in [0.1, 0.15) is 24.3 Å². The molecule has 3 aromatic carbocycles. The highest BCUT2D eigenvalue weighted by molar-refractivity contribution is 5.80. The maximum atomic E-state index is 10.7. The van der Waals surface area contributed by atoms with Gasteiger partial charge in [0.2, 0.25) is 0 Å². The summed E-state index contributed by atoms with van der Waals surface area (Å²) in [4.78, 5) is 15.0. The lowest BCUT2D eigenvalue weighted by Crippen LogP contribution is -2.24. The second-order valence-electron chi connectivity index (χ2n) is 6.62. The van der Waals surface area contributed by atoms with Gasteiger partial charge in [0.05, 0.1) is 22.5 Å². The number of para-hydroxylation sites is 2. The zero-order valence-electron chi connectivity index (χ0n) is 15.5. The third-order valence-electron chi connectivity index (χ3n) is 4.57. The van der Waals surface area contributed by atoms with E-state index in [1.165, 1.54) is 24.3 Å². The molecule has 1 aromatic heterocycles. The standard InChI is InChI=1S/C22H19N3O4/c26-18(15-29-19-12-10-17(11-13-19)25(27)28)14-24-21-9-5-4-8-20(21)23-22(24)16-6-2-1-3-7-16/h1-13,18,26H,14-15H2. The molecule has 0 aliphatic heterocycles. The van der Waals surface area contributed by atoms with E-state index in [1.807, 2.05) is 59.2 Å². The number of rotatable bonds is 7. The summed E-state index contributed by atoms with van der Waals surface area (Å²) < 4.78 is 7.58. The van der Waals surface area contributed by atoms with Crippen molar-refractivity contribution in [2.75, 3.05) is 6.61 Å². The Morgan fingerprint density at radius 2 is 1.69 bits per heavy atom. The maximum Gasteiger partial charge on any atom is 0.269 e. The third kappa shape index (κ3) is 4.09. The van der Waals surface area contributed by atoms with Crippen LogP contribution < -0.4 is 4.74 Å². The first-order valence-electron chi connectivity index (χ1n) is 9.18. The Labute approximate surface area is 167 Å². The number of nitro benzene ring substituents is 1. The Hall–Kier alpha value is -3.71. The van der Waals surface area contributed by atoms with Gasteiger partial charge in [-0.1, -0.05) is 42.5 Å². The van der Waals surface area contributed by atoms with Gasteiger partial charge in [-0.2, -0.15) is 0 Å². The summed E-state index contributed by atoms with van der Waals surface area (Å²) in [5.74, 6) is 1.25. The molecular weight excluding hydrogens is 370 g/mol. The summed E-state index contributed by atoms with van der Waals surface area (Å²) in [5, 5.41) is 21.3. The van der Waals surface area contributed by atoms with E-state index in [9.17, 15) is 15.2 Å². The molecule has 1 atom stereocenters. The first-order valence-corrected chi connectivity index (χ1v) is 9.18. The Balaban J connectivity index is 1.53. The van der Waals surface area contributed by atoms with Crippen LogP contribution in [0.2, 0.25) is 0 Å². The third-order valence-corrected chi connectivity index (χ3v) is 4.57. The van der Waals surface area contributed by atoms with Crippen LogP contribution in [-0.4, -0.2) is 32.3 Å². The topological polar surface area (TPSA) is 90.4 Å². The number of fused-ring (bicyclic) bond motifs is 1. The second-order valence-corrected chi connectivity index (χ2v) is 6.62. The number of hydrogen-bond donors (Lipinski definition) is 1. The van der Waals surface area contributed by atoms with Gasteiger partial charge in [-0.05, 0) is 24.3 Å². The van der Waals surface area contributed by atoms with Gasteiger partial charge in [0.15, 0.2) is 0 Å². The van der Waals surface area contributed by atoms with Crippen LogP contribution in [-0.2, 0) is 6.54 Å². The zero-order valence-corrected chi connectivity index (χ0v) is 15.5. The maximum absolute atomic E-state index is 10.7. The molecule has 1 heterocycles. The minimum absolute atomic E-state index is 0.00436. The van der Waals surface area contributed by atoms with Crippen LogP contribution in [0.25, 0.3) is 22.4 Å². The van der Waals surface area contributed by atoms with Crippen LogP contribution in [0.3, 0.4) is 0 Å².